The van der Waals surface area contributed by atoms with Crippen LogP contribution in [0.4, 0.5) is 0 Å². The van der Waals surface area contributed by atoms with Gasteiger partial charge in [0.2, 0.25) is 11.8 Å². The third-order valence-electron chi connectivity index (χ3n) is 2.70. The summed E-state index contributed by atoms with van der Waals surface area (Å²) in [6.07, 6.45) is 3.83. The third kappa shape index (κ3) is 5.94. The average molecular weight is 279 g/mol. The van der Waals surface area contributed by atoms with Crippen molar-refractivity contribution >= 4 is 17.8 Å². The highest BCUT2D eigenvalue weighted by Gasteiger charge is 2.20. The minimum atomic E-state index is -1.18. The number of rotatable bonds is 8. The van der Waals surface area contributed by atoms with Crippen LogP contribution in [0.15, 0.2) is 24.5 Å². The number of primary amides is 1. The van der Waals surface area contributed by atoms with Crippen LogP contribution in [0.1, 0.15) is 24.8 Å². The monoisotopic (exact) mass is 279 g/mol. The molecule has 2 amide bonds. The molecule has 0 bridgehead atoms. The molecule has 0 saturated heterocycles. The second-order valence-corrected chi connectivity index (χ2v) is 4.32. The number of carboxylic acids is 1. The van der Waals surface area contributed by atoms with Gasteiger partial charge in [0.25, 0.3) is 0 Å². The lowest BCUT2D eigenvalue weighted by Crippen LogP contribution is -2.41. The van der Waals surface area contributed by atoms with Crippen molar-refractivity contribution in [3.63, 3.8) is 0 Å². The molecular formula is C13H17N3O4. The van der Waals surface area contributed by atoms with Crippen molar-refractivity contribution in [2.24, 2.45) is 5.73 Å². The molecule has 20 heavy (non-hydrogen) atoms. The van der Waals surface area contributed by atoms with E-state index in [2.05, 4.69) is 10.3 Å². The van der Waals surface area contributed by atoms with Crippen molar-refractivity contribution in [3.8, 4) is 0 Å². The first-order chi connectivity index (χ1) is 9.49. The molecule has 0 aromatic carbocycles. The van der Waals surface area contributed by atoms with E-state index in [4.69, 9.17) is 10.8 Å². The van der Waals surface area contributed by atoms with Gasteiger partial charge < -0.3 is 16.2 Å². The van der Waals surface area contributed by atoms with Crippen LogP contribution in [0.2, 0.25) is 0 Å². The standard InChI is InChI=1S/C13H17N3O4/c14-11(17)3-2-10(13(19)20)16-12(18)4-1-9-5-7-15-8-6-9/h5-8,10H,1-4H2,(H2,14,17)(H,16,18)(H,19,20). The number of aryl methyl sites for hydroxylation is 1. The van der Waals surface area contributed by atoms with Crippen molar-refractivity contribution in [2.45, 2.75) is 31.7 Å². The first-order valence-electron chi connectivity index (χ1n) is 6.18. The summed E-state index contributed by atoms with van der Waals surface area (Å²) in [5, 5.41) is 11.3. The van der Waals surface area contributed by atoms with E-state index in [0.717, 1.165) is 5.56 Å². The van der Waals surface area contributed by atoms with Crippen LogP contribution in [0.5, 0.6) is 0 Å². The SMILES string of the molecule is NC(=O)CCC(NC(=O)CCc1ccncc1)C(=O)O. The highest BCUT2D eigenvalue weighted by atomic mass is 16.4. The van der Waals surface area contributed by atoms with Crippen LogP contribution in [-0.2, 0) is 20.8 Å². The molecule has 1 heterocycles. The number of aromatic nitrogens is 1. The number of carbonyl (C=O) groups is 3. The fourth-order valence-corrected chi connectivity index (χ4v) is 1.62. The van der Waals surface area contributed by atoms with Crippen LogP contribution in [0.3, 0.4) is 0 Å². The summed E-state index contributed by atoms with van der Waals surface area (Å²) >= 11 is 0. The number of amides is 2. The summed E-state index contributed by atoms with van der Waals surface area (Å²) in [4.78, 5) is 37.1. The van der Waals surface area contributed by atoms with Gasteiger partial charge in [0.1, 0.15) is 6.04 Å². The molecule has 0 aliphatic heterocycles. The minimum Gasteiger partial charge on any atom is -0.480 e. The zero-order valence-corrected chi connectivity index (χ0v) is 10.9. The van der Waals surface area contributed by atoms with Crippen molar-refractivity contribution in [1.82, 2.24) is 10.3 Å². The van der Waals surface area contributed by atoms with Crippen LogP contribution < -0.4 is 11.1 Å². The molecule has 0 saturated carbocycles. The smallest absolute Gasteiger partial charge is 0.326 e. The van der Waals surface area contributed by atoms with Gasteiger partial charge in [-0.25, -0.2) is 4.79 Å². The molecule has 7 heteroatoms. The lowest BCUT2D eigenvalue weighted by molar-refractivity contribution is -0.142. The molecule has 0 aliphatic carbocycles. The molecule has 7 nitrogen and oxygen atoms in total. The average Bonchev–Trinajstić information content (AvgIpc) is 2.41. The van der Waals surface area contributed by atoms with E-state index in [1.807, 2.05) is 0 Å². The predicted octanol–water partition coefficient (Wildman–Crippen LogP) is -0.151. The summed E-state index contributed by atoms with van der Waals surface area (Å²) in [6.45, 7) is 0. The number of nitrogens with one attached hydrogen (secondary N) is 1. The van der Waals surface area contributed by atoms with Gasteiger partial charge in [-0.15, -0.1) is 0 Å². The largest absolute Gasteiger partial charge is 0.480 e. The molecule has 1 unspecified atom stereocenters. The molecule has 1 aromatic heterocycles. The van der Waals surface area contributed by atoms with E-state index in [1.54, 1.807) is 24.5 Å². The molecular weight excluding hydrogens is 262 g/mol. The summed E-state index contributed by atoms with van der Waals surface area (Å²) in [7, 11) is 0. The van der Waals surface area contributed by atoms with Gasteiger partial charge in [0.05, 0.1) is 0 Å². The predicted molar refractivity (Wildman–Crippen MR) is 70.6 cm³/mol. The fourth-order valence-electron chi connectivity index (χ4n) is 1.62. The normalized spacial score (nSPS) is 11.6. The van der Waals surface area contributed by atoms with Gasteiger partial charge in [0.15, 0.2) is 0 Å². The second kappa shape index (κ2) is 7.88. The maximum atomic E-state index is 11.7. The Kier molecular flexibility index (Phi) is 6.15. The van der Waals surface area contributed by atoms with Crippen LogP contribution >= 0.6 is 0 Å². The molecule has 1 rings (SSSR count). The van der Waals surface area contributed by atoms with Gasteiger partial charge in [-0.05, 0) is 30.5 Å². The minimum absolute atomic E-state index is 0.00827. The van der Waals surface area contributed by atoms with Gasteiger partial charge >= 0.3 is 5.97 Å². The lowest BCUT2D eigenvalue weighted by atomic mass is 10.1. The Bertz CT molecular complexity index is 476. The molecule has 0 radical (unpaired) electrons. The number of pyridine rings is 1. The van der Waals surface area contributed by atoms with Gasteiger partial charge in [0, 0.05) is 25.2 Å². The van der Waals surface area contributed by atoms with Crippen LogP contribution in [-0.4, -0.2) is 33.9 Å². The zero-order chi connectivity index (χ0) is 15.0. The summed E-state index contributed by atoms with van der Waals surface area (Å²) < 4.78 is 0. The quantitative estimate of drug-likeness (QED) is 0.610. The second-order valence-electron chi connectivity index (χ2n) is 4.32. The summed E-state index contributed by atoms with van der Waals surface area (Å²) in [5.41, 5.74) is 5.90. The Balaban J connectivity index is 2.41. The Morgan fingerprint density at radius 2 is 1.90 bits per heavy atom. The highest BCUT2D eigenvalue weighted by Crippen LogP contribution is 2.02. The number of carboxylic acid groups (broad SMARTS) is 1. The number of nitrogens with two attached hydrogens (primary N) is 1. The molecule has 0 aliphatic rings. The van der Waals surface area contributed by atoms with Crippen molar-refractivity contribution in [3.05, 3.63) is 30.1 Å². The van der Waals surface area contributed by atoms with Crippen molar-refractivity contribution in [1.29, 1.82) is 0 Å². The Morgan fingerprint density at radius 3 is 2.45 bits per heavy atom. The number of aliphatic carboxylic acids is 1. The van der Waals surface area contributed by atoms with E-state index < -0.39 is 17.9 Å². The first-order valence-corrected chi connectivity index (χ1v) is 6.18. The highest BCUT2D eigenvalue weighted by molar-refractivity contribution is 5.84. The number of hydrogen-bond donors (Lipinski definition) is 3. The van der Waals surface area contributed by atoms with Gasteiger partial charge in [-0.2, -0.15) is 0 Å². The Hall–Kier alpha value is -2.44. The number of carbonyl (C=O) groups excluding carboxylic acids is 2. The molecule has 108 valence electrons. The first kappa shape index (κ1) is 15.6. The van der Waals surface area contributed by atoms with Crippen LogP contribution in [0, 0.1) is 0 Å². The zero-order valence-electron chi connectivity index (χ0n) is 10.9. The van der Waals surface area contributed by atoms with Gasteiger partial charge in [-0.1, -0.05) is 0 Å². The molecule has 0 fully saturated rings. The summed E-state index contributed by atoms with van der Waals surface area (Å²) in [5.74, 6) is -2.15. The van der Waals surface area contributed by atoms with E-state index in [-0.39, 0.29) is 25.2 Å². The molecule has 1 aromatic rings. The van der Waals surface area contributed by atoms with Gasteiger partial charge in [-0.3, -0.25) is 14.6 Å². The van der Waals surface area contributed by atoms with Crippen LogP contribution in [0.25, 0.3) is 0 Å². The maximum absolute atomic E-state index is 11.7. The number of nitrogens with zero attached hydrogens (tertiary/aromatic N) is 1. The van der Waals surface area contributed by atoms with E-state index >= 15 is 0 Å². The Morgan fingerprint density at radius 1 is 1.25 bits per heavy atom. The topological polar surface area (TPSA) is 122 Å². The molecule has 1 atom stereocenters. The molecule has 0 spiro atoms. The third-order valence-corrected chi connectivity index (χ3v) is 2.70. The van der Waals surface area contributed by atoms with Crippen molar-refractivity contribution < 1.29 is 19.5 Å². The van der Waals surface area contributed by atoms with Crippen molar-refractivity contribution in [2.75, 3.05) is 0 Å². The Labute approximate surface area is 116 Å². The fraction of sp³-hybridized carbons (Fsp3) is 0.385. The van der Waals surface area contributed by atoms with E-state index in [0.29, 0.717) is 6.42 Å². The number of hydrogen-bond acceptors (Lipinski definition) is 4. The summed E-state index contributed by atoms with van der Waals surface area (Å²) in [6, 6.07) is 2.48. The van der Waals surface area contributed by atoms with E-state index in [1.165, 1.54) is 0 Å². The molecule has 4 N–H and O–H groups in total. The maximum Gasteiger partial charge on any atom is 0.326 e. The van der Waals surface area contributed by atoms with E-state index in [9.17, 15) is 14.4 Å². The lowest BCUT2D eigenvalue weighted by Gasteiger charge is -2.13.